The lowest BCUT2D eigenvalue weighted by atomic mass is 10.1. The molecule has 0 bridgehead atoms. The minimum Gasteiger partial charge on any atom is -0.490 e. The first kappa shape index (κ1) is 20.4. The summed E-state index contributed by atoms with van der Waals surface area (Å²) in [6, 6.07) is 18.3. The van der Waals surface area contributed by atoms with Gasteiger partial charge in [0.15, 0.2) is 11.5 Å². The molecular formula is C23H25BrN2O2. The molecule has 2 aromatic carbocycles. The molecule has 0 saturated heterocycles. The third kappa shape index (κ3) is 5.81. The molecule has 0 amide bonds. The topological polar surface area (TPSA) is 43.4 Å². The molecule has 0 atom stereocenters. The molecule has 0 unspecified atom stereocenters. The molecule has 0 aliphatic heterocycles. The average molecular weight is 441 g/mol. The molecule has 0 spiro atoms. The number of aromatic nitrogens is 1. The fraction of sp³-hybridized carbons (Fsp3) is 0.261. The monoisotopic (exact) mass is 440 g/mol. The first-order valence-electron chi connectivity index (χ1n) is 9.40. The van der Waals surface area contributed by atoms with E-state index in [1.165, 1.54) is 5.56 Å². The van der Waals surface area contributed by atoms with Gasteiger partial charge in [0.05, 0.1) is 12.3 Å². The molecule has 3 rings (SSSR count). The molecule has 28 heavy (non-hydrogen) atoms. The van der Waals surface area contributed by atoms with Crippen LogP contribution in [0.4, 0.5) is 0 Å². The standard InChI is InChI=1S/C23H25BrN2O2/c1-3-27-22-12-19(14-25-15-20-6-4-5-11-26-20)21(24)13-23(22)28-16-18-9-7-17(2)8-10-18/h4-13,25H,3,14-16H2,1-2H3. The van der Waals surface area contributed by atoms with Crippen LogP contribution < -0.4 is 14.8 Å². The number of halogens is 1. The first-order chi connectivity index (χ1) is 13.7. The maximum Gasteiger partial charge on any atom is 0.162 e. The highest BCUT2D eigenvalue weighted by Crippen LogP contribution is 2.34. The van der Waals surface area contributed by atoms with Crippen LogP contribution in [-0.2, 0) is 19.7 Å². The van der Waals surface area contributed by atoms with Crippen molar-refractivity contribution in [3.8, 4) is 11.5 Å². The number of hydrogen-bond acceptors (Lipinski definition) is 4. The second kappa shape index (κ2) is 10.2. The highest BCUT2D eigenvalue weighted by Gasteiger charge is 2.11. The molecule has 4 nitrogen and oxygen atoms in total. The largest absolute Gasteiger partial charge is 0.490 e. The molecule has 0 saturated carbocycles. The summed E-state index contributed by atoms with van der Waals surface area (Å²) < 4.78 is 12.8. The quantitative estimate of drug-likeness (QED) is 0.482. The Balaban J connectivity index is 1.67. The van der Waals surface area contributed by atoms with Crippen molar-refractivity contribution in [1.29, 1.82) is 0 Å². The fourth-order valence-electron chi connectivity index (χ4n) is 2.77. The van der Waals surface area contributed by atoms with Gasteiger partial charge in [0.25, 0.3) is 0 Å². The van der Waals surface area contributed by atoms with Gasteiger partial charge in [0.2, 0.25) is 0 Å². The van der Waals surface area contributed by atoms with Gasteiger partial charge in [0, 0.05) is 23.8 Å². The van der Waals surface area contributed by atoms with Crippen molar-refractivity contribution < 1.29 is 9.47 Å². The number of aryl methyl sites for hydroxylation is 1. The zero-order valence-electron chi connectivity index (χ0n) is 16.2. The summed E-state index contributed by atoms with van der Waals surface area (Å²) in [4.78, 5) is 4.33. The van der Waals surface area contributed by atoms with E-state index in [2.05, 4.69) is 57.4 Å². The second-order valence-electron chi connectivity index (χ2n) is 6.52. The molecule has 146 valence electrons. The lowest BCUT2D eigenvalue weighted by Crippen LogP contribution is -2.14. The van der Waals surface area contributed by atoms with Gasteiger partial charge in [-0.25, -0.2) is 0 Å². The van der Waals surface area contributed by atoms with E-state index < -0.39 is 0 Å². The van der Waals surface area contributed by atoms with Gasteiger partial charge in [-0.3, -0.25) is 4.98 Å². The number of ether oxygens (including phenoxy) is 2. The summed E-state index contributed by atoms with van der Waals surface area (Å²) in [7, 11) is 0. The van der Waals surface area contributed by atoms with Gasteiger partial charge in [-0.1, -0.05) is 51.8 Å². The van der Waals surface area contributed by atoms with Crippen molar-refractivity contribution >= 4 is 15.9 Å². The smallest absolute Gasteiger partial charge is 0.162 e. The number of pyridine rings is 1. The summed E-state index contributed by atoms with van der Waals surface area (Å²) >= 11 is 3.66. The van der Waals surface area contributed by atoms with Crippen LogP contribution in [0.5, 0.6) is 11.5 Å². The van der Waals surface area contributed by atoms with E-state index in [0.717, 1.165) is 32.8 Å². The van der Waals surface area contributed by atoms with Crippen molar-refractivity contribution in [2.45, 2.75) is 33.5 Å². The second-order valence-corrected chi connectivity index (χ2v) is 7.38. The van der Waals surface area contributed by atoms with Crippen LogP contribution >= 0.6 is 15.9 Å². The molecule has 0 aliphatic rings. The molecule has 1 N–H and O–H groups in total. The van der Waals surface area contributed by atoms with E-state index in [1.807, 2.05) is 37.3 Å². The van der Waals surface area contributed by atoms with Gasteiger partial charge in [0.1, 0.15) is 6.61 Å². The predicted molar refractivity (Wildman–Crippen MR) is 116 cm³/mol. The highest BCUT2D eigenvalue weighted by atomic mass is 79.9. The number of nitrogens with zero attached hydrogens (tertiary/aromatic N) is 1. The van der Waals surface area contributed by atoms with Crippen LogP contribution in [0, 0.1) is 6.92 Å². The summed E-state index contributed by atoms with van der Waals surface area (Å²) in [6.07, 6.45) is 1.81. The minimum atomic E-state index is 0.504. The Labute approximate surface area is 175 Å². The third-order valence-corrected chi connectivity index (χ3v) is 5.01. The van der Waals surface area contributed by atoms with Gasteiger partial charge in [-0.15, -0.1) is 0 Å². The van der Waals surface area contributed by atoms with Gasteiger partial charge in [-0.05, 0) is 49.2 Å². The van der Waals surface area contributed by atoms with Crippen LogP contribution in [-0.4, -0.2) is 11.6 Å². The van der Waals surface area contributed by atoms with Crippen molar-refractivity contribution in [2.75, 3.05) is 6.61 Å². The zero-order valence-corrected chi connectivity index (χ0v) is 17.8. The Morgan fingerprint density at radius 1 is 0.964 bits per heavy atom. The average Bonchev–Trinajstić information content (AvgIpc) is 2.71. The Bertz CT molecular complexity index is 883. The van der Waals surface area contributed by atoms with E-state index in [0.29, 0.717) is 26.3 Å². The van der Waals surface area contributed by atoms with E-state index in [4.69, 9.17) is 9.47 Å². The number of rotatable bonds is 9. The van der Waals surface area contributed by atoms with E-state index in [9.17, 15) is 0 Å². The summed E-state index contributed by atoms with van der Waals surface area (Å²) in [5.74, 6) is 1.50. The summed E-state index contributed by atoms with van der Waals surface area (Å²) in [5, 5.41) is 3.42. The molecule has 1 heterocycles. The molecule has 5 heteroatoms. The Morgan fingerprint density at radius 2 is 1.75 bits per heavy atom. The molecule has 1 aromatic heterocycles. The van der Waals surface area contributed by atoms with Crippen LogP contribution in [0.15, 0.2) is 65.3 Å². The number of nitrogens with one attached hydrogen (secondary N) is 1. The minimum absolute atomic E-state index is 0.504. The van der Waals surface area contributed by atoms with Crippen LogP contribution in [0.3, 0.4) is 0 Å². The number of hydrogen-bond donors (Lipinski definition) is 1. The molecule has 0 radical (unpaired) electrons. The Hall–Kier alpha value is -2.37. The summed E-state index contributed by atoms with van der Waals surface area (Å²) in [5.41, 5.74) is 4.50. The number of benzene rings is 2. The molecule has 0 aliphatic carbocycles. The molecule has 3 aromatic rings. The van der Waals surface area contributed by atoms with E-state index >= 15 is 0 Å². The van der Waals surface area contributed by atoms with Gasteiger partial charge in [-0.2, -0.15) is 0 Å². The van der Waals surface area contributed by atoms with Crippen molar-refractivity contribution in [2.24, 2.45) is 0 Å². The Morgan fingerprint density at radius 3 is 2.46 bits per heavy atom. The normalized spacial score (nSPS) is 10.7. The van der Waals surface area contributed by atoms with Crippen molar-refractivity contribution in [3.05, 3.63) is 87.7 Å². The van der Waals surface area contributed by atoms with Crippen LogP contribution in [0.2, 0.25) is 0 Å². The Kier molecular flexibility index (Phi) is 7.46. The van der Waals surface area contributed by atoms with Crippen LogP contribution in [0.1, 0.15) is 29.3 Å². The van der Waals surface area contributed by atoms with E-state index in [1.54, 1.807) is 6.20 Å². The third-order valence-electron chi connectivity index (χ3n) is 4.28. The lowest BCUT2D eigenvalue weighted by Gasteiger charge is -2.15. The van der Waals surface area contributed by atoms with Gasteiger partial charge >= 0.3 is 0 Å². The van der Waals surface area contributed by atoms with Crippen molar-refractivity contribution in [3.63, 3.8) is 0 Å². The molecule has 0 fully saturated rings. The SMILES string of the molecule is CCOc1cc(CNCc2ccccn2)c(Br)cc1OCc1ccc(C)cc1. The first-order valence-corrected chi connectivity index (χ1v) is 10.2. The maximum atomic E-state index is 6.04. The zero-order chi connectivity index (χ0) is 19.8. The molecular weight excluding hydrogens is 416 g/mol. The summed E-state index contributed by atoms with van der Waals surface area (Å²) in [6.45, 7) is 6.56. The maximum absolute atomic E-state index is 6.04. The van der Waals surface area contributed by atoms with Crippen LogP contribution in [0.25, 0.3) is 0 Å². The van der Waals surface area contributed by atoms with Gasteiger partial charge < -0.3 is 14.8 Å². The predicted octanol–water partition coefficient (Wildman–Crippen LogP) is 5.42. The lowest BCUT2D eigenvalue weighted by molar-refractivity contribution is 0.269. The van der Waals surface area contributed by atoms with Crippen molar-refractivity contribution in [1.82, 2.24) is 10.3 Å². The van der Waals surface area contributed by atoms with E-state index in [-0.39, 0.29) is 0 Å². The highest BCUT2D eigenvalue weighted by molar-refractivity contribution is 9.10. The fourth-order valence-corrected chi connectivity index (χ4v) is 3.23.